The molecule has 0 bridgehead atoms. The van der Waals surface area contributed by atoms with Crippen LogP contribution in [0.2, 0.25) is 0 Å². The third kappa shape index (κ3) is 5.13. The van der Waals surface area contributed by atoms with Crippen molar-refractivity contribution in [3.63, 3.8) is 0 Å². The smallest absolute Gasteiger partial charge is 0.256 e. The van der Waals surface area contributed by atoms with Crippen molar-refractivity contribution in [2.24, 2.45) is 0 Å². The Bertz CT molecular complexity index is 1240. The molecule has 1 aliphatic heterocycles. The minimum atomic E-state index is -0.269. The lowest BCUT2D eigenvalue weighted by atomic mass is 9.88. The molecular formula is C29H31F2N3O. The molecule has 0 radical (unpaired) electrons. The summed E-state index contributed by atoms with van der Waals surface area (Å²) >= 11 is 0. The van der Waals surface area contributed by atoms with Crippen LogP contribution < -0.4 is 5.56 Å². The van der Waals surface area contributed by atoms with Gasteiger partial charge in [0.2, 0.25) is 0 Å². The molecule has 1 aliphatic carbocycles. The summed E-state index contributed by atoms with van der Waals surface area (Å²) < 4.78 is 29.0. The SMILES string of the molecule is Cc1nc2c(c(=O)n1CCN1CCC(=C(c3ccc(F)cc3)c3ccc(F)cc3)CC1)CCCC2. The Kier molecular flexibility index (Phi) is 6.91. The van der Waals surface area contributed by atoms with Gasteiger partial charge in [-0.05, 0) is 86.4 Å². The van der Waals surface area contributed by atoms with E-state index in [0.29, 0.717) is 6.54 Å². The molecule has 4 nitrogen and oxygen atoms in total. The molecule has 0 spiro atoms. The van der Waals surface area contributed by atoms with E-state index >= 15 is 0 Å². The van der Waals surface area contributed by atoms with Crippen LogP contribution in [0.1, 0.15) is 53.9 Å². The highest BCUT2D eigenvalue weighted by atomic mass is 19.1. The minimum Gasteiger partial charge on any atom is -0.301 e. The fraction of sp³-hybridized carbons (Fsp3) is 0.379. The zero-order valence-corrected chi connectivity index (χ0v) is 20.2. The topological polar surface area (TPSA) is 38.1 Å². The normalized spacial score (nSPS) is 16.3. The summed E-state index contributed by atoms with van der Waals surface area (Å²) in [5.41, 5.74) is 6.30. The van der Waals surface area contributed by atoms with Gasteiger partial charge in [-0.15, -0.1) is 0 Å². The van der Waals surface area contributed by atoms with Gasteiger partial charge >= 0.3 is 0 Å². The van der Waals surface area contributed by atoms with Crippen LogP contribution in [0.25, 0.3) is 5.57 Å². The maximum atomic E-state index is 13.6. The zero-order chi connectivity index (χ0) is 24.4. The van der Waals surface area contributed by atoms with Crippen molar-refractivity contribution in [1.82, 2.24) is 14.5 Å². The molecule has 1 fully saturated rings. The van der Waals surface area contributed by atoms with E-state index in [0.717, 1.165) is 91.9 Å². The number of rotatable bonds is 5. The number of hydrogen-bond donors (Lipinski definition) is 0. The zero-order valence-electron chi connectivity index (χ0n) is 20.2. The van der Waals surface area contributed by atoms with Crippen LogP contribution in [0.15, 0.2) is 58.9 Å². The van der Waals surface area contributed by atoms with Crippen LogP contribution in [-0.4, -0.2) is 34.1 Å². The van der Waals surface area contributed by atoms with E-state index in [2.05, 4.69) is 4.90 Å². The van der Waals surface area contributed by atoms with Crippen LogP contribution in [0, 0.1) is 18.6 Å². The number of benzene rings is 2. The van der Waals surface area contributed by atoms with E-state index in [1.54, 1.807) is 24.3 Å². The second kappa shape index (κ2) is 10.2. The summed E-state index contributed by atoms with van der Waals surface area (Å²) in [6, 6.07) is 13.1. The first-order valence-electron chi connectivity index (χ1n) is 12.5. The number of aryl methyl sites for hydroxylation is 2. The monoisotopic (exact) mass is 475 g/mol. The van der Waals surface area contributed by atoms with E-state index in [1.165, 1.54) is 29.8 Å². The second-order valence-corrected chi connectivity index (χ2v) is 9.58. The molecule has 2 heterocycles. The van der Waals surface area contributed by atoms with Crippen molar-refractivity contribution in [1.29, 1.82) is 0 Å². The van der Waals surface area contributed by atoms with E-state index < -0.39 is 0 Å². The lowest BCUT2D eigenvalue weighted by Gasteiger charge is -2.30. The fourth-order valence-corrected chi connectivity index (χ4v) is 5.42. The second-order valence-electron chi connectivity index (χ2n) is 9.58. The Morgan fingerprint density at radius 1 is 0.829 bits per heavy atom. The number of halogens is 2. The van der Waals surface area contributed by atoms with Crippen molar-refractivity contribution < 1.29 is 8.78 Å². The molecule has 0 unspecified atom stereocenters. The lowest BCUT2D eigenvalue weighted by molar-refractivity contribution is 0.244. The molecule has 0 amide bonds. The Morgan fingerprint density at radius 3 is 2.00 bits per heavy atom. The molecule has 2 aliphatic rings. The van der Waals surface area contributed by atoms with E-state index in [1.807, 2.05) is 11.5 Å². The largest absolute Gasteiger partial charge is 0.301 e. The van der Waals surface area contributed by atoms with Crippen LogP contribution in [0.5, 0.6) is 0 Å². The van der Waals surface area contributed by atoms with Crippen molar-refractivity contribution in [3.05, 3.63) is 104 Å². The molecule has 182 valence electrons. The quantitative estimate of drug-likeness (QED) is 0.502. The Labute approximate surface area is 204 Å². The standard InChI is InChI=1S/C29H31F2N3O/c1-20-32-27-5-3-2-4-26(27)29(35)34(20)19-18-33-16-14-23(15-17-33)28(21-6-10-24(30)11-7-21)22-8-12-25(31)13-9-22/h6-13H,2-5,14-19H2,1H3. The summed E-state index contributed by atoms with van der Waals surface area (Å²) in [5, 5.41) is 0. The van der Waals surface area contributed by atoms with Gasteiger partial charge in [0, 0.05) is 31.7 Å². The van der Waals surface area contributed by atoms with Gasteiger partial charge < -0.3 is 4.90 Å². The number of nitrogens with zero attached hydrogens (tertiary/aromatic N) is 3. The number of aromatic nitrogens is 2. The van der Waals surface area contributed by atoms with Crippen molar-refractivity contribution >= 4 is 5.57 Å². The molecule has 1 saturated heterocycles. The first-order valence-corrected chi connectivity index (χ1v) is 12.5. The van der Waals surface area contributed by atoms with Gasteiger partial charge in [-0.3, -0.25) is 9.36 Å². The lowest BCUT2D eigenvalue weighted by Crippen LogP contribution is -2.37. The molecule has 6 heteroatoms. The van der Waals surface area contributed by atoms with Gasteiger partial charge in [-0.25, -0.2) is 13.8 Å². The maximum absolute atomic E-state index is 13.6. The highest BCUT2D eigenvalue weighted by Gasteiger charge is 2.21. The average Bonchev–Trinajstić information content (AvgIpc) is 2.87. The van der Waals surface area contributed by atoms with Crippen LogP contribution in [0.3, 0.4) is 0 Å². The number of likely N-dealkylation sites (tertiary alicyclic amines) is 1. The Morgan fingerprint density at radius 2 is 1.40 bits per heavy atom. The molecule has 2 aromatic carbocycles. The molecular weight excluding hydrogens is 444 g/mol. The molecule has 3 aromatic rings. The van der Waals surface area contributed by atoms with Crippen molar-refractivity contribution in [2.75, 3.05) is 19.6 Å². The minimum absolute atomic E-state index is 0.139. The van der Waals surface area contributed by atoms with Crippen LogP contribution in [-0.2, 0) is 19.4 Å². The number of hydrogen-bond acceptors (Lipinski definition) is 3. The number of piperidine rings is 1. The summed E-state index contributed by atoms with van der Waals surface area (Å²) in [4.78, 5) is 20.2. The third-order valence-corrected chi connectivity index (χ3v) is 7.35. The maximum Gasteiger partial charge on any atom is 0.256 e. The Balaban J connectivity index is 1.33. The van der Waals surface area contributed by atoms with E-state index in [-0.39, 0.29) is 17.2 Å². The highest BCUT2D eigenvalue weighted by Crippen LogP contribution is 2.32. The highest BCUT2D eigenvalue weighted by molar-refractivity contribution is 5.82. The first kappa shape index (κ1) is 23.6. The Hall–Kier alpha value is -3.12. The van der Waals surface area contributed by atoms with Gasteiger partial charge in [0.15, 0.2) is 0 Å². The molecule has 1 aromatic heterocycles. The number of fused-ring (bicyclic) bond motifs is 1. The average molecular weight is 476 g/mol. The summed E-state index contributed by atoms with van der Waals surface area (Å²) in [6.07, 6.45) is 5.69. The van der Waals surface area contributed by atoms with Crippen molar-refractivity contribution in [3.8, 4) is 0 Å². The molecule has 0 atom stereocenters. The molecule has 35 heavy (non-hydrogen) atoms. The first-order chi connectivity index (χ1) is 17.0. The third-order valence-electron chi connectivity index (χ3n) is 7.35. The predicted molar refractivity (Wildman–Crippen MR) is 134 cm³/mol. The van der Waals surface area contributed by atoms with Gasteiger partial charge in [0.05, 0.1) is 5.69 Å². The fourth-order valence-electron chi connectivity index (χ4n) is 5.42. The summed E-state index contributed by atoms with van der Waals surface area (Å²) in [5.74, 6) is 0.270. The van der Waals surface area contributed by atoms with Gasteiger partial charge in [0.25, 0.3) is 5.56 Å². The van der Waals surface area contributed by atoms with Gasteiger partial charge in [-0.1, -0.05) is 29.8 Å². The predicted octanol–water partition coefficient (Wildman–Crippen LogP) is 5.31. The summed E-state index contributed by atoms with van der Waals surface area (Å²) in [7, 11) is 0. The van der Waals surface area contributed by atoms with E-state index in [9.17, 15) is 13.6 Å². The molecule has 0 saturated carbocycles. The van der Waals surface area contributed by atoms with Crippen LogP contribution >= 0.6 is 0 Å². The summed E-state index contributed by atoms with van der Waals surface area (Å²) in [6.45, 7) is 5.15. The molecule has 0 N–H and O–H groups in total. The van der Waals surface area contributed by atoms with Gasteiger partial charge in [0.1, 0.15) is 17.5 Å². The van der Waals surface area contributed by atoms with E-state index in [4.69, 9.17) is 4.98 Å². The van der Waals surface area contributed by atoms with Crippen LogP contribution in [0.4, 0.5) is 8.78 Å². The molecule has 5 rings (SSSR count). The van der Waals surface area contributed by atoms with Crippen molar-refractivity contribution in [2.45, 2.75) is 52.0 Å². The van der Waals surface area contributed by atoms with Gasteiger partial charge in [-0.2, -0.15) is 0 Å².